The Morgan fingerprint density at radius 2 is 2.26 bits per heavy atom. The van der Waals surface area contributed by atoms with Crippen LogP contribution in [0.4, 0.5) is 5.69 Å². The van der Waals surface area contributed by atoms with Gasteiger partial charge in [-0.2, -0.15) is 5.10 Å². The molecule has 0 atom stereocenters. The highest BCUT2D eigenvalue weighted by atomic mass is 79.9. The number of aryl methyl sites for hydroxylation is 2. The number of hydrogen-bond donors (Lipinski definition) is 0. The summed E-state index contributed by atoms with van der Waals surface area (Å²) in [6.45, 7) is 1.82. The molecular weight excluding hydrogens is 314 g/mol. The van der Waals surface area contributed by atoms with Crippen molar-refractivity contribution in [1.29, 1.82) is 0 Å². The van der Waals surface area contributed by atoms with Crippen LogP contribution < -0.4 is 4.74 Å². The fraction of sp³-hybridized carbons (Fsp3) is 0.250. The van der Waals surface area contributed by atoms with E-state index >= 15 is 0 Å². The Morgan fingerprint density at radius 1 is 1.53 bits per heavy atom. The van der Waals surface area contributed by atoms with Crippen molar-refractivity contribution in [1.82, 2.24) is 9.78 Å². The molecule has 0 spiro atoms. The average Bonchev–Trinajstić information content (AvgIpc) is 2.66. The van der Waals surface area contributed by atoms with Gasteiger partial charge in [0.05, 0.1) is 4.92 Å². The Bertz CT molecular complexity index is 625. The van der Waals surface area contributed by atoms with Gasteiger partial charge in [-0.1, -0.05) is 28.9 Å². The van der Waals surface area contributed by atoms with Gasteiger partial charge < -0.3 is 4.74 Å². The second-order valence-electron chi connectivity index (χ2n) is 3.89. The number of aromatic nitrogens is 2. The van der Waals surface area contributed by atoms with Gasteiger partial charge >= 0.3 is 5.69 Å². The lowest BCUT2D eigenvalue weighted by atomic mass is 10.3. The van der Waals surface area contributed by atoms with Crippen LogP contribution in [-0.2, 0) is 13.5 Å². The number of rotatable bonds is 4. The standard InChI is InChI=1S/C12H12BrN3O3/c1-3-10-11(16(17)18)12(15(2)14-10)19-9-6-4-5-8(13)7-9/h4-7H,3H2,1-2H3. The molecule has 2 rings (SSSR count). The van der Waals surface area contributed by atoms with E-state index in [0.29, 0.717) is 17.9 Å². The molecular formula is C12H12BrN3O3. The first-order valence-corrected chi connectivity index (χ1v) is 6.46. The van der Waals surface area contributed by atoms with Gasteiger partial charge in [-0.05, 0) is 24.6 Å². The van der Waals surface area contributed by atoms with E-state index in [-0.39, 0.29) is 11.6 Å². The maximum atomic E-state index is 11.1. The van der Waals surface area contributed by atoms with E-state index in [1.54, 1.807) is 25.2 Å². The van der Waals surface area contributed by atoms with Crippen LogP contribution in [0.1, 0.15) is 12.6 Å². The van der Waals surface area contributed by atoms with Gasteiger partial charge in [0.15, 0.2) is 0 Å². The summed E-state index contributed by atoms with van der Waals surface area (Å²) < 4.78 is 7.82. The van der Waals surface area contributed by atoms with Crippen LogP contribution in [0.5, 0.6) is 11.6 Å². The fourth-order valence-corrected chi connectivity index (χ4v) is 2.11. The Hall–Kier alpha value is -1.89. The zero-order chi connectivity index (χ0) is 14.0. The summed E-state index contributed by atoms with van der Waals surface area (Å²) in [6, 6.07) is 7.11. The number of halogens is 1. The minimum absolute atomic E-state index is 0.0787. The molecule has 0 amide bonds. The number of hydrogen-bond acceptors (Lipinski definition) is 4. The van der Waals surface area contributed by atoms with Crippen LogP contribution in [0, 0.1) is 10.1 Å². The van der Waals surface area contributed by atoms with Gasteiger partial charge in [0.2, 0.25) is 0 Å². The molecule has 0 radical (unpaired) electrons. The van der Waals surface area contributed by atoms with E-state index in [1.807, 2.05) is 13.0 Å². The highest BCUT2D eigenvalue weighted by Gasteiger charge is 2.27. The van der Waals surface area contributed by atoms with Crippen molar-refractivity contribution in [3.05, 3.63) is 44.5 Å². The third-order valence-electron chi connectivity index (χ3n) is 2.57. The molecule has 7 heteroatoms. The Kier molecular flexibility index (Phi) is 3.84. The van der Waals surface area contributed by atoms with Crippen molar-refractivity contribution in [2.24, 2.45) is 7.05 Å². The summed E-state index contributed by atoms with van der Waals surface area (Å²) in [5.74, 6) is 0.656. The first-order valence-electron chi connectivity index (χ1n) is 5.66. The van der Waals surface area contributed by atoms with E-state index < -0.39 is 4.92 Å². The van der Waals surface area contributed by atoms with Crippen LogP contribution in [0.2, 0.25) is 0 Å². The van der Waals surface area contributed by atoms with E-state index in [4.69, 9.17) is 4.74 Å². The summed E-state index contributed by atoms with van der Waals surface area (Å²) in [5, 5.41) is 15.2. The predicted molar refractivity (Wildman–Crippen MR) is 73.5 cm³/mol. The number of nitro groups is 1. The molecule has 0 aliphatic carbocycles. The molecule has 1 aromatic carbocycles. The lowest BCUT2D eigenvalue weighted by Gasteiger charge is -2.05. The molecule has 1 aromatic heterocycles. The van der Waals surface area contributed by atoms with Crippen LogP contribution in [0.25, 0.3) is 0 Å². The van der Waals surface area contributed by atoms with Gasteiger partial charge in [-0.25, -0.2) is 4.68 Å². The molecule has 0 unspecified atom stereocenters. The molecule has 1 heterocycles. The lowest BCUT2D eigenvalue weighted by Crippen LogP contribution is -1.97. The van der Waals surface area contributed by atoms with Crippen LogP contribution in [-0.4, -0.2) is 14.7 Å². The minimum Gasteiger partial charge on any atom is -0.434 e. The van der Waals surface area contributed by atoms with Crippen LogP contribution in [0.15, 0.2) is 28.7 Å². The maximum absolute atomic E-state index is 11.1. The second kappa shape index (κ2) is 5.40. The monoisotopic (exact) mass is 325 g/mol. The SMILES string of the molecule is CCc1nn(C)c(Oc2cccc(Br)c2)c1[N+](=O)[O-]. The Balaban J connectivity index is 2.45. The summed E-state index contributed by atoms with van der Waals surface area (Å²) >= 11 is 3.32. The van der Waals surface area contributed by atoms with Gasteiger partial charge in [0, 0.05) is 11.5 Å². The summed E-state index contributed by atoms with van der Waals surface area (Å²) in [7, 11) is 1.62. The average molecular weight is 326 g/mol. The first-order chi connectivity index (χ1) is 9.02. The molecule has 0 aliphatic heterocycles. The lowest BCUT2D eigenvalue weighted by molar-refractivity contribution is -0.386. The smallest absolute Gasteiger partial charge is 0.353 e. The zero-order valence-corrected chi connectivity index (χ0v) is 12.0. The molecule has 100 valence electrons. The van der Waals surface area contributed by atoms with Gasteiger partial charge in [0.25, 0.3) is 5.88 Å². The molecule has 0 N–H and O–H groups in total. The molecule has 0 fully saturated rings. The van der Waals surface area contributed by atoms with E-state index in [9.17, 15) is 10.1 Å². The maximum Gasteiger partial charge on any atom is 0.353 e. The second-order valence-corrected chi connectivity index (χ2v) is 4.81. The molecule has 19 heavy (non-hydrogen) atoms. The highest BCUT2D eigenvalue weighted by molar-refractivity contribution is 9.10. The largest absolute Gasteiger partial charge is 0.434 e. The van der Waals surface area contributed by atoms with Crippen LogP contribution in [0.3, 0.4) is 0 Å². The number of nitrogens with zero attached hydrogens (tertiary/aromatic N) is 3. The van der Waals surface area contributed by atoms with E-state index in [0.717, 1.165) is 4.47 Å². The first kappa shape index (κ1) is 13.5. The van der Waals surface area contributed by atoms with Crippen molar-refractivity contribution in [2.45, 2.75) is 13.3 Å². The summed E-state index contributed by atoms with van der Waals surface area (Å²) in [4.78, 5) is 10.7. The third kappa shape index (κ3) is 2.76. The third-order valence-corrected chi connectivity index (χ3v) is 3.06. The van der Waals surface area contributed by atoms with Crippen molar-refractivity contribution < 1.29 is 9.66 Å². The Labute approximate surface area is 118 Å². The molecule has 0 saturated heterocycles. The van der Waals surface area contributed by atoms with Crippen molar-refractivity contribution in [3.8, 4) is 11.6 Å². The highest BCUT2D eigenvalue weighted by Crippen LogP contribution is 2.34. The summed E-state index contributed by atoms with van der Waals surface area (Å²) in [5.41, 5.74) is 0.336. The minimum atomic E-state index is -0.459. The van der Waals surface area contributed by atoms with E-state index in [1.165, 1.54) is 4.68 Å². The van der Waals surface area contributed by atoms with Crippen molar-refractivity contribution in [3.63, 3.8) is 0 Å². The number of ether oxygens (including phenoxy) is 1. The quantitative estimate of drug-likeness (QED) is 0.637. The molecule has 0 saturated carbocycles. The fourth-order valence-electron chi connectivity index (χ4n) is 1.73. The van der Waals surface area contributed by atoms with Crippen molar-refractivity contribution in [2.75, 3.05) is 0 Å². The normalized spacial score (nSPS) is 10.5. The van der Waals surface area contributed by atoms with E-state index in [2.05, 4.69) is 21.0 Å². The Morgan fingerprint density at radius 3 is 2.84 bits per heavy atom. The summed E-state index contributed by atoms with van der Waals surface area (Å²) in [6.07, 6.45) is 0.478. The topological polar surface area (TPSA) is 70.2 Å². The van der Waals surface area contributed by atoms with Crippen molar-refractivity contribution >= 4 is 21.6 Å². The molecule has 0 bridgehead atoms. The van der Waals surface area contributed by atoms with Crippen LogP contribution >= 0.6 is 15.9 Å². The zero-order valence-electron chi connectivity index (χ0n) is 10.5. The number of benzene rings is 1. The predicted octanol–water partition coefficient (Wildman–Crippen LogP) is 3.45. The molecule has 2 aromatic rings. The van der Waals surface area contributed by atoms with Gasteiger partial charge in [0.1, 0.15) is 11.4 Å². The molecule has 0 aliphatic rings. The molecule has 6 nitrogen and oxygen atoms in total. The van der Waals surface area contributed by atoms with Gasteiger partial charge in [-0.15, -0.1) is 0 Å². The van der Waals surface area contributed by atoms with Gasteiger partial charge in [-0.3, -0.25) is 10.1 Å².